The summed E-state index contributed by atoms with van der Waals surface area (Å²) in [6.07, 6.45) is 1.79. The fraction of sp³-hybridized carbons (Fsp3) is 0.273. The average molecular weight is 275 g/mol. The van der Waals surface area contributed by atoms with Crippen molar-refractivity contribution in [2.75, 3.05) is 0 Å². The molecule has 17 heavy (non-hydrogen) atoms. The molecule has 0 aliphatic carbocycles. The fourth-order valence-electron chi connectivity index (χ4n) is 1.25. The normalized spacial score (nSPS) is 10.6. The molecule has 0 spiro atoms. The van der Waals surface area contributed by atoms with E-state index in [1.54, 1.807) is 0 Å². The molecule has 6 heteroatoms. The van der Waals surface area contributed by atoms with Gasteiger partial charge in [-0.05, 0) is 24.1 Å². The van der Waals surface area contributed by atoms with Crippen LogP contribution in [-0.2, 0) is 0 Å². The van der Waals surface area contributed by atoms with Crippen molar-refractivity contribution in [1.29, 1.82) is 0 Å². The molecule has 1 aromatic carbocycles. The van der Waals surface area contributed by atoms with Crippen molar-refractivity contribution in [2.45, 2.75) is 19.8 Å². The van der Waals surface area contributed by atoms with Gasteiger partial charge in [0.15, 0.2) is 0 Å². The second kappa shape index (κ2) is 7.92. The average Bonchev–Trinajstić information content (AvgIpc) is 2.25. The minimum Gasteiger partial charge on any atom is -0.369 e. The van der Waals surface area contributed by atoms with Crippen LogP contribution < -0.4 is 11.5 Å². The summed E-state index contributed by atoms with van der Waals surface area (Å²) in [6, 6.07) is 7.44. The Morgan fingerprint density at radius 3 is 2.24 bits per heavy atom. The zero-order valence-electron chi connectivity index (χ0n) is 9.56. The van der Waals surface area contributed by atoms with Gasteiger partial charge < -0.3 is 11.5 Å². The smallest absolute Gasteiger partial charge is 0.211 e. The largest absolute Gasteiger partial charge is 0.369 e. The van der Waals surface area contributed by atoms with Crippen LogP contribution in [0.15, 0.2) is 34.5 Å². The molecule has 1 aromatic rings. The van der Waals surface area contributed by atoms with E-state index in [0.717, 1.165) is 24.1 Å². The zero-order chi connectivity index (χ0) is 12.0. The molecule has 0 aliphatic heterocycles. The van der Waals surface area contributed by atoms with E-state index in [0.29, 0.717) is 5.02 Å². The molecule has 0 saturated heterocycles. The Bertz CT molecular complexity index is 394. The molecular weight excluding hydrogens is 259 g/mol. The van der Waals surface area contributed by atoms with Crippen molar-refractivity contribution in [1.82, 2.24) is 0 Å². The zero-order valence-corrected chi connectivity index (χ0v) is 11.1. The number of rotatable bonds is 4. The maximum Gasteiger partial charge on any atom is 0.211 e. The highest BCUT2D eigenvalue weighted by atomic mass is 35.5. The minimum atomic E-state index is -0.0393. The third-order valence-electron chi connectivity index (χ3n) is 1.95. The molecule has 0 saturated carbocycles. The van der Waals surface area contributed by atoms with Crippen LogP contribution in [0.2, 0.25) is 5.02 Å². The second-order valence-corrected chi connectivity index (χ2v) is 3.76. The van der Waals surface area contributed by atoms with E-state index in [1.165, 1.54) is 0 Å². The van der Waals surface area contributed by atoms with Crippen LogP contribution in [-0.4, -0.2) is 11.7 Å². The van der Waals surface area contributed by atoms with Gasteiger partial charge in [-0.15, -0.1) is 17.5 Å². The topological polar surface area (TPSA) is 76.8 Å². The number of halogens is 2. The molecule has 4 nitrogen and oxygen atoms in total. The Labute approximate surface area is 112 Å². The van der Waals surface area contributed by atoms with E-state index in [4.69, 9.17) is 23.1 Å². The summed E-state index contributed by atoms with van der Waals surface area (Å²) in [6.45, 7) is 2.07. The molecule has 4 N–H and O–H groups in total. The van der Waals surface area contributed by atoms with Crippen LogP contribution in [0.3, 0.4) is 0 Å². The van der Waals surface area contributed by atoms with Gasteiger partial charge in [-0.1, -0.05) is 37.1 Å². The minimum absolute atomic E-state index is 0. The van der Waals surface area contributed by atoms with Crippen LogP contribution in [0.5, 0.6) is 0 Å². The molecule has 0 radical (unpaired) electrons. The van der Waals surface area contributed by atoms with Gasteiger partial charge in [-0.3, -0.25) is 0 Å². The van der Waals surface area contributed by atoms with Crippen molar-refractivity contribution in [3.8, 4) is 0 Å². The number of nitrogens with zero attached hydrogens (tertiary/aromatic N) is 2. The SMILES string of the molecule is CCCC(=NN=C(N)N)c1ccc(Cl)cc1.Cl. The predicted molar refractivity (Wildman–Crippen MR) is 76.0 cm³/mol. The molecule has 0 atom stereocenters. The third kappa shape index (κ3) is 5.56. The maximum absolute atomic E-state index is 5.81. The summed E-state index contributed by atoms with van der Waals surface area (Å²) in [5, 5.41) is 8.39. The molecule has 94 valence electrons. The van der Waals surface area contributed by atoms with Gasteiger partial charge in [0.05, 0.1) is 5.71 Å². The second-order valence-electron chi connectivity index (χ2n) is 3.33. The summed E-state index contributed by atoms with van der Waals surface area (Å²) in [5.74, 6) is -0.0393. The highest BCUT2D eigenvalue weighted by Crippen LogP contribution is 2.12. The van der Waals surface area contributed by atoms with E-state index in [9.17, 15) is 0 Å². The lowest BCUT2D eigenvalue weighted by Crippen LogP contribution is -2.22. The summed E-state index contributed by atoms with van der Waals surface area (Å²) < 4.78 is 0. The molecule has 1 rings (SSSR count). The molecule has 0 fully saturated rings. The summed E-state index contributed by atoms with van der Waals surface area (Å²) in [5.41, 5.74) is 12.3. The third-order valence-corrected chi connectivity index (χ3v) is 2.20. The quantitative estimate of drug-likeness (QED) is 0.503. The van der Waals surface area contributed by atoms with Crippen molar-refractivity contribution < 1.29 is 0 Å². The molecule has 0 unspecified atom stereocenters. The number of hydrogen-bond acceptors (Lipinski definition) is 2. The summed E-state index contributed by atoms with van der Waals surface area (Å²) >= 11 is 5.81. The van der Waals surface area contributed by atoms with Crippen LogP contribution in [0.25, 0.3) is 0 Å². The first-order chi connectivity index (χ1) is 7.63. The van der Waals surface area contributed by atoms with Crippen LogP contribution >= 0.6 is 24.0 Å². The van der Waals surface area contributed by atoms with Gasteiger partial charge in [0.25, 0.3) is 0 Å². The van der Waals surface area contributed by atoms with E-state index >= 15 is 0 Å². The maximum atomic E-state index is 5.81. The van der Waals surface area contributed by atoms with Gasteiger partial charge in [-0.25, -0.2) is 0 Å². The Kier molecular flexibility index (Phi) is 7.34. The van der Waals surface area contributed by atoms with Crippen LogP contribution in [0.4, 0.5) is 0 Å². The highest BCUT2D eigenvalue weighted by molar-refractivity contribution is 6.30. The first-order valence-electron chi connectivity index (χ1n) is 5.05. The summed E-state index contributed by atoms with van der Waals surface area (Å²) in [7, 11) is 0. The van der Waals surface area contributed by atoms with Crippen LogP contribution in [0.1, 0.15) is 25.3 Å². The van der Waals surface area contributed by atoms with Crippen molar-refractivity contribution in [3.05, 3.63) is 34.9 Å². The molecular formula is C11H16Cl2N4. The van der Waals surface area contributed by atoms with Gasteiger partial charge in [0.1, 0.15) is 0 Å². The fourth-order valence-corrected chi connectivity index (χ4v) is 1.38. The first-order valence-corrected chi connectivity index (χ1v) is 5.42. The van der Waals surface area contributed by atoms with Gasteiger partial charge in [0, 0.05) is 5.02 Å². The lowest BCUT2D eigenvalue weighted by molar-refractivity contribution is 0.981. The van der Waals surface area contributed by atoms with Gasteiger partial charge in [0.2, 0.25) is 5.96 Å². The van der Waals surface area contributed by atoms with E-state index in [-0.39, 0.29) is 18.4 Å². The number of guanidine groups is 1. The van der Waals surface area contributed by atoms with Crippen molar-refractivity contribution in [2.24, 2.45) is 21.7 Å². The number of hydrogen-bond donors (Lipinski definition) is 2. The number of nitrogens with two attached hydrogens (primary N) is 2. The molecule has 0 amide bonds. The molecule has 0 aromatic heterocycles. The van der Waals surface area contributed by atoms with Crippen LogP contribution in [0, 0.1) is 0 Å². The van der Waals surface area contributed by atoms with Crippen molar-refractivity contribution >= 4 is 35.7 Å². The first kappa shape index (κ1) is 15.7. The van der Waals surface area contributed by atoms with E-state index in [1.807, 2.05) is 24.3 Å². The van der Waals surface area contributed by atoms with Gasteiger partial charge in [-0.2, -0.15) is 5.10 Å². The molecule has 0 aliphatic rings. The van der Waals surface area contributed by atoms with Crippen molar-refractivity contribution in [3.63, 3.8) is 0 Å². The highest BCUT2D eigenvalue weighted by Gasteiger charge is 2.02. The Morgan fingerprint density at radius 1 is 1.18 bits per heavy atom. The monoisotopic (exact) mass is 274 g/mol. The van der Waals surface area contributed by atoms with E-state index in [2.05, 4.69) is 17.1 Å². The Balaban J connectivity index is 0.00000256. The standard InChI is InChI=1S/C11H15ClN4.ClH/c1-2-3-10(15-16-11(13)14)8-4-6-9(12)7-5-8;/h4-7H,2-3H2,1H3,(H4,13,14,16);1H. The van der Waals surface area contributed by atoms with E-state index < -0.39 is 0 Å². The Morgan fingerprint density at radius 2 is 1.76 bits per heavy atom. The lowest BCUT2D eigenvalue weighted by Gasteiger charge is -2.03. The van der Waals surface area contributed by atoms with Gasteiger partial charge >= 0.3 is 0 Å². The Hall–Kier alpha value is -1.26. The predicted octanol–water partition coefficient (Wildman–Crippen LogP) is 2.54. The lowest BCUT2D eigenvalue weighted by atomic mass is 10.1. The molecule has 0 heterocycles. The molecule has 0 bridgehead atoms. The summed E-state index contributed by atoms with van der Waals surface area (Å²) in [4.78, 5) is 0. The number of benzene rings is 1.